The summed E-state index contributed by atoms with van der Waals surface area (Å²) in [6.45, 7) is 4.15. The minimum atomic E-state index is -1.41. The van der Waals surface area contributed by atoms with Gasteiger partial charge in [-0.3, -0.25) is 0 Å². The lowest BCUT2D eigenvalue weighted by Crippen LogP contribution is -2.48. The molecule has 0 saturated carbocycles. The van der Waals surface area contributed by atoms with Crippen LogP contribution in [0.4, 0.5) is 4.39 Å². The van der Waals surface area contributed by atoms with E-state index in [-0.39, 0.29) is 0 Å². The predicted octanol–water partition coefficient (Wildman–Crippen LogP) is 0.801. The lowest BCUT2D eigenvalue weighted by Gasteiger charge is -2.32. The predicted molar refractivity (Wildman–Crippen MR) is 42.3 cm³/mol. The minimum absolute atomic E-state index is 0.344. The second-order valence-corrected chi connectivity index (χ2v) is 4.01. The number of alkyl halides is 1. The molecule has 0 aromatic heterocycles. The second-order valence-electron chi connectivity index (χ2n) is 4.01. The van der Waals surface area contributed by atoms with E-state index in [1.54, 1.807) is 0 Å². The van der Waals surface area contributed by atoms with E-state index in [9.17, 15) is 9.50 Å². The van der Waals surface area contributed by atoms with E-state index in [0.717, 1.165) is 6.54 Å². The third-order valence-corrected chi connectivity index (χ3v) is 2.51. The fraction of sp³-hybridized carbons (Fsp3) is 1.00. The van der Waals surface area contributed by atoms with Gasteiger partial charge in [0.05, 0.1) is 5.60 Å². The highest BCUT2D eigenvalue weighted by atomic mass is 19.1. The van der Waals surface area contributed by atoms with Gasteiger partial charge in [0.25, 0.3) is 0 Å². The van der Waals surface area contributed by atoms with Crippen LogP contribution in [0.5, 0.6) is 0 Å². The van der Waals surface area contributed by atoms with Crippen molar-refractivity contribution in [3.8, 4) is 0 Å². The molecule has 11 heavy (non-hydrogen) atoms. The number of hydrogen-bond donors (Lipinski definition) is 1. The fourth-order valence-corrected chi connectivity index (χ4v) is 1.45. The Labute approximate surface area is 67.0 Å². The van der Waals surface area contributed by atoms with Crippen molar-refractivity contribution in [1.29, 1.82) is 0 Å². The average molecular weight is 161 g/mol. The van der Waals surface area contributed by atoms with Gasteiger partial charge in [-0.25, -0.2) is 4.39 Å². The van der Waals surface area contributed by atoms with Crippen molar-refractivity contribution in [2.45, 2.75) is 31.5 Å². The van der Waals surface area contributed by atoms with Gasteiger partial charge in [0.1, 0.15) is 0 Å². The number of nitrogens with zero attached hydrogens (tertiary/aromatic N) is 1. The molecule has 1 aliphatic rings. The summed E-state index contributed by atoms with van der Waals surface area (Å²) >= 11 is 0. The van der Waals surface area contributed by atoms with Gasteiger partial charge in [-0.15, -0.1) is 0 Å². The van der Waals surface area contributed by atoms with Crippen LogP contribution in [0.3, 0.4) is 0 Å². The van der Waals surface area contributed by atoms with E-state index in [4.69, 9.17) is 0 Å². The Kier molecular flexibility index (Phi) is 1.97. The molecule has 1 rings (SSSR count). The zero-order valence-corrected chi connectivity index (χ0v) is 7.39. The summed E-state index contributed by atoms with van der Waals surface area (Å²) in [6.07, 6.45) is 0.438. The zero-order chi connectivity index (χ0) is 8.70. The Morgan fingerprint density at radius 2 is 2.09 bits per heavy atom. The maximum absolute atomic E-state index is 13.8. The summed E-state index contributed by atoms with van der Waals surface area (Å²) in [5.74, 6) is 0. The molecule has 0 radical (unpaired) electrons. The van der Waals surface area contributed by atoms with Crippen molar-refractivity contribution in [3.63, 3.8) is 0 Å². The molecule has 1 N–H and O–H groups in total. The highest BCUT2D eigenvalue weighted by Gasteiger charge is 2.48. The topological polar surface area (TPSA) is 23.5 Å². The number of aliphatic hydroxyl groups is 1. The Morgan fingerprint density at radius 3 is 2.27 bits per heavy atom. The first-order valence-electron chi connectivity index (χ1n) is 3.95. The van der Waals surface area contributed by atoms with Gasteiger partial charge >= 0.3 is 0 Å². The van der Waals surface area contributed by atoms with Crippen molar-refractivity contribution in [3.05, 3.63) is 0 Å². The van der Waals surface area contributed by atoms with Gasteiger partial charge in [0.2, 0.25) is 0 Å². The Hall–Kier alpha value is -0.150. The molecular weight excluding hydrogens is 145 g/mol. The van der Waals surface area contributed by atoms with Crippen LogP contribution in [0.2, 0.25) is 0 Å². The summed E-state index contributed by atoms with van der Waals surface area (Å²) in [5.41, 5.74) is -2.63. The summed E-state index contributed by atoms with van der Waals surface area (Å²) in [4.78, 5) is 1.90. The van der Waals surface area contributed by atoms with Crippen LogP contribution >= 0.6 is 0 Å². The van der Waals surface area contributed by atoms with Crippen molar-refractivity contribution < 1.29 is 9.50 Å². The molecule has 1 aliphatic heterocycles. The van der Waals surface area contributed by atoms with Gasteiger partial charge in [-0.2, -0.15) is 0 Å². The van der Waals surface area contributed by atoms with Gasteiger partial charge in [0, 0.05) is 13.1 Å². The third kappa shape index (κ3) is 1.54. The van der Waals surface area contributed by atoms with Crippen LogP contribution in [0.25, 0.3) is 0 Å². The third-order valence-electron chi connectivity index (χ3n) is 2.51. The first kappa shape index (κ1) is 8.94. The Morgan fingerprint density at radius 1 is 1.55 bits per heavy atom. The molecular formula is C8H16FNO. The van der Waals surface area contributed by atoms with Crippen molar-refractivity contribution in [2.24, 2.45) is 0 Å². The van der Waals surface area contributed by atoms with Crippen LogP contribution in [0, 0.1) is 0 Å². The summed E-state index contributed by atoms with van der Waals surface area (Å²) in [5, 5.41) is 9.49. The highest BCUT2D eigenvalue weighted by molar-refractivity contribution is 5.00. The Balaban J connectivity index is 2.69. The SMILES string of the molecule is CN1CC[C@](F)(C(C)(C)O)C1. The van der Waals surface area contributed by atoms with Gasteiger partial charge in [-0.05, 0) is 27.3 Å². The van der Waals surface area contributed by atoms with Crippen LogP contribution in [-0.4, -0.2) is 41.4 Å². The molecule has 0 aromatic carbocycles. The number of rotatable bonds is 1. The first-order valence-corrected chi connectivity index (χ1v) is 3.95. The fourth-order valence-electron chi connectivity index (χ4n) is 1.45. The Bertz CT molecular complexity index is 155. The lowest BCUT2D eigenvalue weighted by atomic mass is 9.87. The maximum Gasteiger partial charge on any atom is 0.152 e. The van der Waals surface area contributed by atoms with E-state index < -0.39 is 11.3 Å². The van der Waals surface area contributed by atoms with E-state index >= 15 is 0 Å². The van der Waals surface area contributed by atoms with E-state index in [2.05, 4.69) is 0 Å². The smallest absolute Gasteiger partial charge is 0.152 e. The largest absolute Gasteiger partial charge is 0.387 e. The first-order chi connectivity index (χ1) is 4.85. The molecule has 0 unspecified atom stereocenters. The standard InChI is InChI=1S/C8H16FNO/c1-7(2,11)8(9)4-5-10(3)6-8/h11H,4-6H2,1-3H3/t8-/m1/s1. The minimum Gasteiger partial charge on any atom is -0.387 e. The average Bonchev–Trinajstić information content (AvgIpc) is 2.10. The molecule has 2 nitrogen and oxygen atoms in total. The molecule has 1 atom stereocenters. The molecule has 1 saturated heterocycles. The van der Waals surface area contributed by atoms with Crippen LogP contribution in [0.15, 0.2) is 0 Å². The number of halogens is 1. The molecule has 0 aromatic rings. The summed E-state index contributed by atoms with van der Waals surface area (Å²) < 4.78 is 13.8. The lowest BCUT2D eigenvalue weighted by molar-refractivity contribution is -0.0701. The zero-order valence-electron chi connectivity index (χ0n) is 7.39. The van der Waals surface area contributed by atoms with Crippen LogP contribution in [0.1, 0.15) is 20.3 Å². The van der Waals surface area contributed by atoms with Gasteiger partial charge < -0.3 is 10.0 Å². The molecule has 1 fully saturated rings. The van der Waals surface area contributed by atoms with E-state index in [1.807, 2.05) is 11.9 Å². The maximum atomic E-state index is 13.8. The molecule has 0 spiro atoms. The number of hydrogen-bond acceptors (Lipinski definition) is 2. The summed E-state index contributed by atoms with van der Waals surface area (Å²) in [6, 6.07) is 0. The number of likely N-dealkylation sites (tertiary alicyclic amines) is 1. The summed E-state index contributed by atoms with van der Waals surface area (Å²) in [7, 11) is 1.87. The molecule has 0 bridgehead atoms. The van der Waals surface area contributed by atoms with E-state index in [0.29, 0.717) is 13.0 Å². The van der Waals surface area contributed by atoms with Crippen molar-refractivity contribution in [1.82, 2.24) is 4.90 Å². The molecule has 3 heteroatoms. The molecule has 66 valence electrons. The molecule has 0 aliphatic carbocycles. The monoisotopic (exact) mass is 161 g/mol. The normalized spacial score (nSPS) is 34.6. The van der Waals surface area contributed by atoms with E-state index in [1.165, 1.54) is 13.8 Å². The van der Waals surface area contributed by atoms with Gasteiger partial charge in [-0.1, -0.05) is 0 Å². The quantitative estimate of drug-likeness (QED) is 0.615. The van der Waals surface area contributed by atoms with Crippen molar-refractivity contribution in [2.75, 3.05) is 20.1 Å². The molecule has 1 heterocycles. The van der Waals surface area contributed by atoms with Crippen LogP contribution < -0.4 is 0 Å². The second kappa shape index (κ2) is 2.42. The van der Waals surface area contributed by atoms with Crippen LogP contribution in [-0.2, 0) is 0 Å². The molecule has 0 amide bonds. The van der Waals surface area contributed by atoms with Gasteiger partial charge in [0.15, 0.2) is 5.67 Å². The van der Waals surface area contributed by atoms with Crippen molar-refractivity contribution >= 4 is 0 Å². The highest BCUT2D eigenvalue weighted by Crippen LogP contribution is 2.34.